The molecule has 1 unspecified atom stereocenters. The van der Waals surface area contributed by atoms with Gasteiger partial charge in [-0.3, -0.25) is 0 Å². The monoisotopic (exact) mass is 337 g/mol. The van der Waals surface area contributed by atoms with Crippen LogP contribution in [0.25, 0.3) is 11.1 Å². The van der Waals surface area contributed by atoms with E-state index in [1.807, 2.05) is 7.05 Å². The summed E-state index contributed by atoms with van der Waals surface area (Å²) in [4.78, 5) is 11.2. The second kappa shape index (κ2) is 6.17. The highest BCUT2D eigenvalue weighted by Gasteiger charge is 2.29. The van der Waals surface area contributed by atoms with Crippen molar-refractivity contribution in [1.29, 1.82) is 0 Å². The molecular formula is C16H24ClN5O. The van der Waals surface area contributed by atoms with Gasteiger partial charge in [0.05, 0.1) is 0 Å². The number of halogens is 1. The molecule has 1 saturated heterocycles. The number of likely N-dealkylation sites (N-methyl/N-ethyl adjacent to an activating group) is 1. The summed E-state index contributed by atoms with van der Waals surface area (Å²) in [6.07, 6.45) is 4.30. The van der Waals surface area contributed by atoms with Gasteiger partial charge >= 0.3 is 0 Å². The summed E-state index contributed by atoms with van der Waals surface area (Å²) in [6.45, 7) is 4.19. The summed E-state index contributed by atoms with van der Waals surface area (Å²) in [5, 5.41) is 3.33. The normalized spacial score (nSPS) is 23.8. The van der Waals surface area contributed by atoms with Crippen LogP contribution < -0.4 is 16.0 Å². The van der Waals surface area contributed by atoms with E-state index in [0.29, 0.717) is 17.9 Å². The van der Waals surface area contributed by atoms with Gasteiger partial charge < -0.3 is 20.4 Å². The first kappa shape index (κ1) is 16.3. The van der Waals surface area contributed by atoms with Crippen molar-refractivity contribution in [2.45, 2.75) is 38.6 Å². The molecule has 0 radical (unpaired) electrons. The zero-order valence-corrected chi connectivity index (χ0v) is 14.4. The molecule has 3 heterocycles. The largest absolute Gasteiger partial charge is 0.455 e. The van der Waals surface area contributed by atoms with Crippen molar-refractivity contribution in [2.75, 3.05) is 30.8 Å². The minimum atomic E-state index is 0. The van der Waals surface area contributed by atoms with Crippen LogP contribution in [0.3, 0.4) is 0 Å². The molecule has 2 aromatic heterocycles. The van der Waals surface area contributed by atoms with Crippen molar-refractivity contribution in [2.24, 2.45) is 5.92 Å². The molecule has 23 heavy (non-hydrogen) atoms. The summed E-state index contributed by atoms with van der Waals surface area (Å²) in [5.74, 6) is 2.96. The Hall–Kier alpha value is -1.53. The molecule has 4 rings (SSSR count). The van der Waals surface area contributed by atoms with Gasteiger partial charge in [-0.05, 0) is 32.2 Å². The number of nitrogen functional groups attached to an aromatic ring is 1. The van der Waals surface area contributed by atoms with E-state index in [0.717, 1.165) is 55.0 Å². The highest BCUT2D eigenvalue weighted by molar-refractivity contribution is 5.89. The fourth-order valence-electron chi connectivity index (χ4n) is 3.71. The molecule has 0 amide bonds. The number of aryl methyl sites for hydroxylation is 1. The Morgan fingerprint density at radius 3 is 2.87 bits per heavy atom. The Labute approximate surface area is 142 Å². The van der Waals surface area contributed by atoms with Crippen molar-refractivity contribution in [3.05, 3.63) is 11.3 Å². The molecule has 1 fully saturated rings. The Morgan fingerprint density at radius 1 is 1.30 bits per heavy atom. The number of aromatic nitrogens is 2. The third-order valence-electron chi connectivity index (χ3n) is 5.03. The molecule has 2 aromatic rings. The third kappa shape index (κ3) is 2.74. The summed E-state index contributed by atoms with van der Waals surface area (Å²) in [6, 6.07) is 0.496. The maximum Gasteiger partial charge on any atom is 0.222 e. The van der Waals surface area contributed by atoms with Crippen LogP contribution in [0.2, 0.25) is 0 Å². The zero-order chi connectivity index (χ0) is 15.3. The second-order valence-corrected chi connectivity index (χ2v) is 6.66. The van der Waals surface area contributed by atoms with Gasteiger partial charge in [-0.15, -0.1) is 12.4 Å². The first-order valence-corrected chi connectivity index (χ1v) is 8.15. The molecule has 0 saturated carbocycles. The molecular weight excluding hydrogens is 314 g/mol. The molecule has 0 spiro atoms. The first-order valence-electron chi connectivity index (χ1n) is 8.15. The average molecular weight is 338 g/mol. The van der Waals surface area contributed by atoms with Crippen LogP contribution in [-0.4, -0.2) is 36.1 Å². The van der Waals surface area contributed by atoms with Crippen molar-refractivity contribution in [3.63, 3.8) is 0 Å². The number of rotatable bonds is 2. The maximum absolute atomic E-state index is 6.16. The van der Waals surface area contributed by atoms with Gasteiger partial charge in [0.15, 0.2) is 11.4 Å². The van der Waals surface area contributed by atoms with Gasteiger partial charge in [0.2, 0.25) is 5.95 Å². The predicted molar refractivity (Wildman–Crippen MR) is 94.3 cm³/mol. The van der Waals surface area contributed by atoms with Crippen molar-refractivity contribution >= 4 is 35.3 Å². The van der Waals surface area contributed by atoms with Crippen LogP contribution in [0.5, 0.6) is 0 Å². The lowest BCUT2D eigenvalue weighted by Gasteiger charge is -2.17. The number of hydrogen-bond donors (Lipinski definition) is 2. The van der Waals surface area contributed by atoms with Crippen LogP contribution in [0.15, 0.2) is 4.42 Å². The number of nitrogens with two attached hydrogens (primary N) is 1. The second-order valence-electron chi connectivity index (χ2n) is 6.66. The van der Waals surface area contributed by atoms with Crippen LogP contribution in [0.4, 0.5) is 11.8 Å². The summed E-state index contributed by atoms with van der Waals surface area (Å²) >= 11 is 0. The van der Waals surface area contributed by atoms with E-state index < -0.39 is 0 Å². The zero-order valence-electron chi connectivity index (χ0n) is 13.6. The molecule has 0 aromatic carbocycles. The lowest BCUT2D eigenvalue weighted by atomic mass is 9.89. The molecule has 126 valence electrons. The molecule has 6 nitrogen and oxygen atoms in total. The van der Waals surface area contributed by atoms with Gasteiger partial charge in [-0.1, -0.05) is 6.92 Å². The first-order chi connectivity index (χ1) is 10.7. The van der Waals surface area contributed by atoms with E-state index in [2.05, 4.69) is 27.1 Å². The molecule has 1 aliphatic carbocycles. The summed E-state index contributed by atoms with van der Waals surface area (Å²) in [7, 11) is 2.01. The molecule has 7 heteroatoms. The van der Waals surface area contributed by atoms with E-state index in [-0.39, 0.29) is 12.4 Å². The van der Waals surface area contributed by atoms with Crippen molar-refractivity contribution < 1.29 is 4.42 Å². The Balaban J connectivity index is 0.00000156. The minimum absolute atomic E-state index is 0. The lowest BCUT2D eigenvalue weighted by molar-refractivity contribution is 0.438. The lowest BCUT2D eigenvalue weighted by Crippen LogP contribution is -2.30. The van der Waals surface area contributed by atoms with Crippen LogP contribution in [0.1, 0.15) is 31.1 Å². The molecule has 3 N–H and O–H groups in total. The SMILES string of the molecule is CN[C@@H]1CCN(c2nc(N)nc3c4c(oc23)CCC(C)C4)C1.Cl. The minimum Gasteiger partial charge on any atom is -0.455 e. The van der Waals surface area contributed by atoms with Gasteiger partial charge in [0.1, 0.15) is 11.3 Å². The number of hydrogen-bond acceptors (Lipinski definition) is 6. The van der Waals surface area contributed by atoms with Gasteiger partial charge in [0, 0.05) is 31.1 Å². The maximum atomic E-state index is 6.16. The summed E-state index contributed by atoms with van der Waals surface area (Å²) < 4.78 is 6.16. The van der Waals surface area contributed by atoms with Gasteiger partial charge in [-0.25, -0.2) is 4.98 Å². The fourth-order valence-corrected chi connectivity index (χ4v) is 3.71. The Morgan fingerprint density at radius 2 is 2.13 bits per heavy atom. The van der Waals surface area contributed by atoms with Crippen molar-refractivity contribution in [3.8, 4) is 0 Å². The Bertz CT molecular complexity index is 716. The standard InChI is InChI=1S/C16H23N5O.ClH/c1-9-3-4-12-11(7-9)13-14(22-12)15(20-16(17)19-13)21-6-5-10(8-21)18-2;/h9-10,18H,3-8H2,1-2H3,(H2,17,19,20);1H/t9?,10-;/m1./s1. The van der Waals surface area contributed by atoms with E-state index in [1.165, 1.54) is 12.0 Å². The molecule has 2 aliphatic rings. The fraction of sp³-hybridized carbons (Fsp3) is 0.625. The number of anilines is 2. The number of nitrogens with one attached hydrogen (secondary N) is 1. The average Bonchev–Trinajstić information content (AvgIpc) is 3.11. The highest BCUT2D eigenvalue weighted by Crippen LogP contribution is 2.37. The summed E-state index contributed by atoms with van der Waals surface area (Å²) in [5.41, 5.74) is 8.98. The Kier molecular flexibility index (Phi) is 4.38. The van der Waals surface area contributed by atoms with E-state index >= 15 is 0 Å². The van der Waals surface area contributed by atoms with Crippen LogP contribution in [-0.2, 0) is 12.8 Å². The van der Waals surface area contributed by atoms with E-state index in [1.54, 1.807) is 0 Å². The van der Waals surface area contributed by atoms with Crippen LogP contribution in [0, 0.1) is 5.92 Å². The van der Waals surface area contributed by atoms with E-state index in [9.17, 15) is 0 Å². The third-order valence-corrected chi connectivity index (χ3v) is 5.03. The number of fused-ring (bicyclic) bond motifs is 3. The highest BCUT2D eigenvalue weighted by atomic mass is 35.5. The van der Waals surface area contributed by atoms with Crippen molar-refractivity contribution in [1.82, 2.24) is 15.3 Å². The number of furan rings is 1. The van der Waals surface area contributed by atoms with Gasteiger partial charge in [0.25, 0.3) is 0 Å². The molecule has 1 aliphatic heterocycles. The van der Waals surface area contributed by atoms with Gasteiger partial charge in [-0.2, -0.15) is 4.98 Å². The molecule has 0 bridgehead atoms. The quantitative estimate of drug-likeness (QED) is 0.874. The van der Waals surface area contributed by atoms with Crippen LogP contribution >= 0.6 is 12.4 Å². The topological polar surface area (TPSA) is 80.2 Å². The van der Waals surface area contributed by atoms with E-state index in [4.69, 9.17) is 10.2 Å². The predicted octanol–water partition coefficient (Wildman–Crippen LogP) is 2.15. The number of nitrogens with zero attached hydrogens (tertiary/aromatic N) is 3. The smallest absolute Gasteiger partial charge is 0.222 e. The molecule has 2 atom stereocenters.